The van der Waals surface area contributed by atoms with Gasteiger partial charge < -0.3 is 10.2 Å². The molecule has 3 aromatic carbocycles. The lowest BCUT2D eigenvalue weighted by molar-refractivity contribution is -0.122. The van der Waals surface area contributed by atoms with Crippen LogP contribution >= 0.6 is 11.8 Å². The highest BCUT2D eigenvalue weighted by atomic mass is 32.2. The summed E-state index contributed by atoms with van der Waals surface area (Å²) in [7, 11) is 3.87. The van der Waals surface area contributed by atoms with Crippen molar-refractivity contribution >= 4 is 29.4 Å². The molecule has 1 unspecified atom stereocenters. The smallest absolute Gasteiger partial charge is 0.240 e. The van der Waals surface area contributed by atoms with Gasteiger partial charge in [0.15, 0.2) is 0 Å². The van der Waals surface area contributed by atoms with Crippen LogP contribution in [0.2, 0.25) is 0 Å². The SMILES string of the molecule is Cc1cccc(-n2nc(-c3ccccc3)c3c2N(CC(=O)NCCN(C)C)C(=O)CSC3c2ccccc2F)c1. The van der Waals surface area contributed by atoms with Gasteiger partial charge in [0.05, 0.1) is 22.4 Å². The minimum atomic E-state index is -0.518. The predicted octanol–water partition coefficient (Wildman–Crippen LogP) is 4.83. The number of hydrogen-bond acceptors (Lipinski definition) is 5. The normalized spacial score (nSPS) is 15.2. The lowest BCUT2D eigenvalue weighted by atomic mass is 9.99. The number of aryl methyl sites for hydroxylation is 1. The molecule has 0 saturated carbocycles. The van der Waals surface area contributed by atoms with Crippen LogP contribution < -0.4 is 10.2 Å². The lowest BCUT2D eigenvalue weighted by Crippen LogP contribution is -2.43. The molecule has 2 heterocycles. The molecule has 0 bridgehead atoms. The van der Waals surface area contributed by atoms with Crippen LogP contribution in [-0.4, -0.2) is 66.0 Å². The van der Waals surface area contributed by atoms with Crippen molar-refractivity contribution in [2.45, 2.75) is 12.2 Å². The number of carbonyl (C=O) groups is 2. The molecule has 0 spiro atoms. The van der Waals surface area contributed by atoms with Crippen molar-refractivity contribution in [1.29, 1.82) is 0 Å². The zero-order valence-electron chi connectivity index (χ0n) is 22.8. The third kappa shape index (κ3) is 5.80. The zero-order chi connectivity index (χ0) is 28.2. The molecule has 4 aromatic rings. The van der Waals surface area contributed by atoms with Crippen molar-refractivity contribution < 1.29 is 14.0 Å². The second kappa shape index (κ2) is 12.1. The number of likely N-dealkylation sites (N-methyl/N-ethyl adjacent to an activating group) is 1. The van der Waals surface area contributed by atoms with Crippen molar-refractivity contribution in [2.24, 2.45) is 0 Å². The van der Waals surface area contributed by atoms with Crippen molar-refractivity contribution in [3.8, 4) is 16.9 Å². The minimum Gasteiger partial charge on any atom is -0.353 e. The largest absolute Gasteiger partial charge is 0.353 e. The van der Waals surface area contributed by atoms with Crippen LogP contribution in [0.1, 0.15) is 21.9 Å². The molecule has 7 nitrogen and oxygen atoms in total. The van der Waals surface area contributed by atoms with Crippen LogP contribution in [0, 0.1) is 12.7 Å². The molecule has 0 radical (unpaired) electrons. The molecule has 2 amide bonds. The van der Waals surface area contributed by atoms with Gasteiger partial charge in [-0.05, 0) is 44.8 Å². The van der Waals surface area contributed by atoms with Crippen LogP contribution in [0.3, 0.4) is 0 Å². The van der Waals surface area contributed by atoms with Gasteiger partial charge in [-0.15, -0.1) is 11.8 Å². The van der Waals surface area contributed by atoms with Gasteiger partial charge in [-0.3, -0.25) is 14.5 Å². The molecular formula is C31H32FN5O2S. The molecule has 1 N–H and O–H groups in total. The van der Waals surface area contributed by atoms with E-state index in [1.54, 1.807) is 22.9 Å². The molecule has 0 fully saturated rings. The molecule has 40 heavy (non-hydrogen) atoms. The Balaban J connectivity index is 1.73. The number of rotatable bonds is 8. The Hall–Kier alpha value is -3.95. The number of nitrogens with one attached hydrogen (secondary N) is 1. The summed E-state index contributed by atoms with van der Waals surface area (Å²) in [6, 6.07) is 24.2. The van der Waals surface area contributed by atoms with Crippen LogP contribution in [-0.2, 0) is 9.59 Å². The summed E-state index contributed by atoms with van der Waals surface area (Å²) < 4.78 is 17.1. The number of thioether (sulfide) groups is 1. The van der Waals surface area contributed by atoms with Gasteiger partial charge in [0.2, 0.25) is 11.8 Å². The van der Waals surface area contributed by atoms with E-state index in [1.807, 2.05) is 80.5 Å². The summed E-state index contributed by atoms with van der Waals surface area (Å²) in [5, 5.41) is 7.45. The second-order valence-electron chi connectivity index (χ2n) is 10.0. The topological polar surface area (TPSA) is 70.5 Å². The summed E-state index contributed by atoms with van der Waals surface area (Å²) >= 11 is 1.35. The van der Waals surface area contributed by atoms with Crippen molar-refractivity contribution in [3.63, 3.8) is 0 Å². The monoisotopic (exact) mass is 557 g/mol. The number of aromatic nitrogens is 2. The summed E-state index contributed by atoms with van der Waals surface area (Å²) in [6.07, 6.45) is 0. The zero-order valence-corrected chi connectivity index (χ0v) is 23.6. The Morgan fingerprint density at radius 2 is 1.82 bits per heavy atom. The number of halogens is 1. The Labute approximate surface area is 238 Å². The van der Waals surface area contributed by atoms with E-state index in [1.165, 1.54) is 22.7 Å². The molecule has 1 aliphatic rings. The van der Waals surface area contributed by atoms with Crippen molar-refractivity contribution in [1.82, 2.24) is 20.0 Å². The minimum absolute atomic E-state index is 0.0840. The van der Waals surface area contributed by atoms with Gasteiger partial charge in [-0.25, -0.2) is 9.07 Å². The second-order valence-corrected chi connectivity index (χ2v) is 11.1. The molecule has 0 aliphatic carbocycles. The Morgan fingerprint density at radius 1 is 1.07 bits per heavy atom. The number of carbonyl (C=O) groups excluding carboxylic acids is 2. The Morgan fingerprint density at radius 3 is 2.55 bits per heavy atom. The van der Waals surface area contributed by atoms with Crippen LogP contribution in [0.15, 0.2) is 78.9 Å². The van der Waals surface area contributed by atoms with E-state index in [-0.39, 0.29) is 29.9 Å². The maximum Gasteiger partial charge on any atom is 0.240 e. The molecular weight excluding hydrogens is 525 g/mol. The Bertz CT molecular complexity index is 1520. The number of hydrogen-bond donors (Lipinski definition) is 1. The number of fused-ring (bicyclic) bond motifs is 1. The van der Waals surface area contributed by atoms with E-state index in [0.717, 1.165) is 16.8 Å². The van der Waals surface area contributed by atoms with Crippen molar-refractivity contribution in [2.75, 3.05) is 44.4 Å². The summed E-state index contributed by atoms with van der Waals surface area (Å²) in [5.41, 5.74) is 4.44. The maximum absolute atomic E-state index is 15.3. The number of amides is 2. The average molecular weight is 558 g/mol. The fourth-order valence-corrected chi connectivity index (χ4v) is 6.04. The number of anilines is 1. The van der Waals surface area contributed by atoms with E-state index < -0.39 is 5.25 Å². The van der Waals surface area contributed by atoms with Gasteiger partial charge in [0, 0.05) is 29.8 Å². The standard InChI is InChI=1S/C31H32FN5O2S/c1-21-10-9-13-23(18-21)37-31-28(29(34-37)22-11-5-4-6-12-22)30(24-14-7-8-15-25(24)32)40-20-27(39)36(31)19-26(38)33-16-17-35(2)3/h4-15,18,30H,16-17,19-20H2,1-3H3,(H,33,38). The predicted molar refractivity (Wildman–Crippen MR) is 158 cm³/mol. The first kappa shape index (κ1) is 27.6. The van der Waals surface area contributed by atoms with Gasteiger partial charge in [0.25, 0.3) is 0 Å². The molecule has 0 saturated heterocycles. The van der Waals surface area contributed by atoms with E-state index in [4.69, 9.17) is 5.10 Å². The van der Waals surface area contributed by atoms with Gasteiger partial charge in [-0.2, -0.15) is 5.10 Å². The van der Waals surface area contributed by atoms with Gasteiger partial charge in [-0.1, -0.05) is 60.7 Å². The van der Waals surface area contributed by atoms with Crippen molar-refractivity contribution in [3.05, 3.63) is 101 Å². The Kier molecular flexibility index (Phi) is 8.32. The highest BCUT2D eigenvalue weighted by Crippen LogP contribution is 2.49. The van der Waals surface area contributed by atoms with E-state index >= 15 is 4.39 Å². The van der Waals surface area contributed by atoms with Crippen LogP contribution in [0.25, 0.3) is 16.9 Å². The van der Waals surface area contributed by atoms with E-state index in [0.29, 0.717) is 35.7 Å². The third-order valence-corrected chi connectivity index (χ3v) is 7.99. The first-order chi connectivity index (χ1) is 19.3. The summed E-state index contributed by atoms with van der Waals surface area (Å²) in [6.45, 7) is 2.95. The summed E-state index contributed by atoms with van der Waals surface area (Å²) in [4.78, 5) is 30.3. The molecule has 1 aliphatic heterocycles. The molecule has 1 aromatic heterocycles. The molecule has 9 heteroatoms. The van der Waals surface area contributed by atoms with Crippen LogP contribution in [0.4, 0.5) is 10.2 Å². The summed E-state index contributed by atoms with van der Waals surface area (Å²) in [5.74, 6) is -0.290. The molecule has 1 atom stereocenters. The lowest BCUT2D eigenvalue weighted by Gasteiger charge is -2.23. The highest BCUT2D eigenvalue weighted by Gasteiger charge is 2.38. The maximum atomic E-state index is 15.3. The fourth-order valence-electron chi connectivity index (χ4n) is 4.82. The first-order valence-electron chi connectivity index (χ1n) is 13.2. The average Bonchev–Trinajstić information content (AvgIpc) is 3.27. The molecule has 206 valence electrons. The third-order valence-electron chi connectivity index (χ3n) is 6.75. The van der Waals surface area contributed by atoms with Gasteiger partial charge in [0.1, 0.15) is 18.2 Å². The molecule has 5 rings (SSSR count). The quantitative estimate of drug-likeness (QED) is 0.336. The highest BCUT2D eigenvalue weighted by molar-refractivity contribution is 8.00. The van der Waals surface area contributed by atoms with E-state index in [9.17, 15) is 9.59 Å². The number of benzene rings is 3. The fraction of sp³-hybridized carbons (Fsp3) is 0.258. The first-order valence-corrected chi connectivity index (χ1v) is 14.2. The van der Waals surface area contributed by atoms with Gasteiger partial charge >= 0.3 is 0 Å². The number of nitrogens with zero attached hydrogens (tertiary/aromatic N) is 4. The van der Waals surface area contributed by atoms with Crippen LogP contribution in [0.5, 0.6) is 0 Å². The van der Waals surface area contributed by atoms with E-state index in [2.05, 4.69) is 5.32 Å².